The molecule has 0 unspecified atom stereocenters. The van der Waals surface area contributed by atoms with E-state index in [1.807, 2.05) is 10.8 Å². The molecule has 1 saturated heterocycles. The Morgan fingerprint density at radius 3 is 2.81 bits per heavy atom. The van der Waals surface area contributed by atoms with E-state index in [1.165, 1.54) is 32.1 Å². The van der Waals surface area contributed by atoms with Gasteiger partial charge in [0.1, 0.15) is 0 Å². The average Bonchev–Trinajstić information content (AvgIpc) is 3.18. The first-order chi connectivity index (χ1) is 10.3. The van der Waals surface area contributed by atoms with Gasteiger partial charge in [0.05, 0.1) is 6.04 Å². The molecule has 21 heavy (non-hydrogen) atoms. The summed E-state index contributed by atoms with van der Waals surface area (Å²) >= 11 is 0. The zero-order valence-corrected chi connectivity index (χ0v) is 12.9. The standard InChI is InChI=1S/C16H26N4O/c1-2-19-12-10-17-16(19)18-15(21)14-9-5-6-11-20(14)13-7-3-4-8-13/h10,12-14H,2-9,11H2,1H3,(H,17,18,21)/t14-/m0/s1. The molecule has 5 nitrogen and oxygen atoms in total. The molecule has 5 heteroatoms. The van der Waals surface area contributed by atoms with Crippen molar-refractivity contribution in [2.75, 3.05) is 11.9 Å². The Morgan fingerprint density at radius 2 is 2.05 bits per heavy atom. The number of anilines is 1. The molecule has 1 aliphatic heterocycles. The highest BCUT2D eigenvalue weighted by atomic mass is 16.2. The predicted octanol–water partition coefficient (Wildman–Crippen LogP) is 2.64. The first-order valence-electron chi connectivity index (χ1n) is 8.37. The normalized spacial score (nSPS) is 24.3. The maximum Gasteiger partial charge on any atom is 0.244 e. The number of carbonyl (C=O) groups excluding carboxylic acids is 1. The average molecular weight is 290 g/mol. The molecule has 116 valence electrons. The van der Waals surface area contributed by atoms with Crippen molar-refractivity contribution in [3.63, 3.8) is 0 Å². The number of nitrogens with one attached hydrogen (secondary N) is 1. The molecule has 1 N–H and O–H groups in total. The Hall–Kier alpha value is -1.36. The van der Waals surface area contributed by atoms with E-state index in [2.05, 4.69) is 22.1 Å². The highest BCUT2D eigenvalue weighted by Crippen LogP contribution is 2.29. The molecule has 2 fully saturated rings. The molecule has 1 saturated carbocycles. The Morgan fingerprint density at radius 1 is 1.29 bits per heavy atom. The number of imidazole rings is 1. The number of aromatic nitrogens is 2. The third kappa shape index (κ3) is 3.12. The molecule has 0 radical (unpaired) electrons. The second-order valence-electron chi connectivity index (χ2n) is 6.21. The highest BCUT2D eigenvalue weighted by Gasteiger charge is 2.34. The van der Waals surface area contributed by atoms with Crippen LogP contribution in [-0.2, 0) is 11.3 Å². The van der Waals surface area contributed by atoms with Gasteiger partial charge in [-0.05, 0) is 39.2 Å². The van der Waals surface area contributed by atoms with Gasteiger partial charge in [0.25, 0.3) is 0 Å². The number of hydrogen-bond acceptors (Lipinski definition) is 3. The number of amides is 1. The van der Waals surface area contributed by atoms with E-state index < -0.39 is 0 Å². The Bertz CT molecular complexity index is 478. The van der Waals surface area contributed by atoms with E-state index in [4.69, 9.17) is 0 Å². The lowest BCUT2D eigenvalue weighted by atomic mass is 9.98. The molecular formula is C16H26N4O. The predicted molar refractivity (Wildman–Crippen MR) is 83.1 cm³/mol. The summed E-state index contributed by atoms with van der Waals surface area (Å²) < 4.78 is 1.97. The SMILES string of the molecule is CCn1ccnc1NC(=O)[C@@H]1CCCCN1C1CCCC1. The fraction of sp³-hybridized carbons (Fsp3) is 0.750. The molecule has 0 aromatic carbocycles. The summed E-state index contributed by atoms with van der Waals surface area (Å²) in [6, 6.07) is 0.649. The van der Waals surface area contributed by atoms with Gasteiger partial charge in [0.2, 0.25) is 11.9 Å². The first kappa shape index (κ1) is 14.6. The van der Waals surface area contributed by atoms with Gasteiger partial charge in [-0.25, -0.2) is 4.98 Å². The second-order valence-corrected chi connectivity index (χ2v) is 6.21. The van der Waals surface area contributed by atoms with Crippen LogP contribution in [0.25, 0.3) is 0 Å². The minimum Gasteiger partial charge on any atom is -0.317 e. The molecular weight excluding hydrogens is 264 g/mol. The van der Waals surface area contributed by atoms with Crippen LogP contribution in [0.2, 0.25) is 0 Å². The highest BCUT2D eigenvalue weighted by molar-refractivity contribution is 5.93. The molecule has 2 heterocycles. The molecule has 1 amide bonds. The van der Waals surface area contributed by atoms with Crippen LogP contribution in [0.3, 0.4) is 0 Å². The molecule has 2 aliphatic rings. The molecule has 0 bridgehead atoms. The van der Waals surface area contributed by atoms with Crippen molar-refractivity contribution in [3.05, 3.63) is 12.4 Å². The summed E-state index contributed by atoms with van der Waals surface area (Å²) in [4.78, 5) is 19.4. The third-order valence-electron chi connectivity index (χ3n) is 4.93. The quantitative estimate of drug-likeness (QED) is 0.927. The fourth-order valence-electron chi connectivity index (χ4n) is 3.79. The van der Waals surface area contributed by atoms with Crippen molar-refractivity contribution in [2.45, 2.75) is 70.5 Å². The summed E-state index contributed by atoms with van der Waals surface area (Å²) in [6.45, 7) is 3.96. The van der Waals surface area contributed by atoms with E-state index in [-0.39, 0.29) is 11.9 Å². The summed E-state index contributed by atoms with van der Waals surface area (Å²) in [5.74, 6) is 0.807. The van der Waals surface area contributed by atoms with Crippen molar-refractivity contribution in [1.82, 2.24) is 14.5 Å². The second kappa shape index (κ2) is 6.60. The van der Waals surface area contributed by atoms with E-state index in [9.17, 15) is 4.79 Å². The lowest BCUT2D eigenvalue weighted by Gasteiger charge is -2.38. The molecule has 3 rings (SSSR count). The van der Waals surface area contributed by atoms with Gasteiger partial charge in [0, 0.05) is 25.0 Å². The van der Waals surface area contributed by atoms with Crippen molar-refractivity contribution in [1.29, 1.82) is 0 Å². The molecule has 1 atom stereocenters. The Kier molecular flexibility index (Phi) is 4.58. The summed E-state index contributed by atoms with van der Waals surface area (Å²) in [7, 11) is 0. The number of piperidine rings is 1. The van der Waals surface area contributed by atoms with Crippen molar-refractivity contribution < 1.29 is 4.79 Å². The maximum absolute atomic E-state index is 12.7. The molecule has 1 aromatic heterocycles. The Balaban J connectivity index is 1.69. The van der Waals surface area contributed by atoms with E-state index in [1.54, 1.807) is 6.20 Å². The summed E-state index contributed by atoms with van der Waals surface area (Å²) in [5.41, 5.74) is 0. The Labute approximate surface area is 126 Å². The number of hydrogen-bond donors (Lipinski definition) is 1. The van der Waals surface area contributed by atoms with Gasteiger partial charge >= 0.3 is 0 Å². The maximum atomic E-state index is 12.7. The van der Waals surface area contributed by atoms with Crippen LogP contribution in [-0.4, -0.2) is 39.0 Å². The van der Waals surface area contributed by atoms with Crippen LogP contribution in [0.15, 0.2) is 12.4 Å². The topological polar surface area (TPSA) is 50.2 Å². The monoisotopic (exact) mass is 290 g/mol. The van der Waals surface area contributed by atoms with Gasteiger partial charge in [-0.3, -0.25) is 15.0 Å². The number of rotatable bonds is 4. The van der Waals surface area contributed by atoms with Crippen molar-refractivity contribution >= 4 is 11.9 Å². The van der Waals surface area contributed by atoms with E-state index >= 15 is 0 Å². The van der Waals surface area contributed by atoms with Crippen LogP contribution in [0.5, 0.6) is 0 Å². The van der Waals surface area contributed by atoms with Crippen LogP contribution in [0, 0.1) is 0 Å². The zero-order chi connectivity index (χ0) is 14.7. The van der Waals surface area contributed by atoms with Gasteiger partial charge in [-0.2, -0.15) is 0 Å². The largest absolute Gasteiger partial charge is 0.317 e. The molecule has 1 aliphatic carbocycles. The van der Waals surface area contributed by atoms with Gasteiger partial charge < -0.3 is 4.57 Å². The zero-order valence-electron chi connectivity index (χ0n) is 12.9. The van der Waals surface area contributed by atoms with Crippen LogP contribution in [0.4, 0.5) is 5.95 Å². The minimum atomic E-state index is 0.0313. The summed E-state index contributed by atoms with van der Waals surface area (Å²) in [5, 5.41) is 3.04. The van der Waals surface area contributed by atoms with Crippen LogP contribution >= 0.6 is 0 Å². The van der Waals surface area contributed by atoms with Crippen LogP contribution in [0.1, 0.15) is 51.9 Å². The fourth-order valence-corrected chi connectivity index (χ4v) is 3.79. The number of nitrogens with zero attached hydrogens (tertiary/aromatic N) is 3. The van der Waals surface area contributed by atoms with Gasteiger partial charge in [-0.15, -0.1) is 0 Å². The summed E-state index contributed by atoms with van der Waals surface area (Å²) in [6.07, 6.45) is 12.2. The van der Waals surface area contributed by atoms with Gasteiger partial charge in [0.15, 0.2) is 0 Å². The smallest absolute Gasteiger partial charge is 0.244 e. The lowest BCUT2D eigenvalue weighted by molar-refractivity contribution is -0.123. The number of carbonyl (C=O) groups is 1. The molecule has 1 aromatic rings. The van der Waals surface area contributed by atoms with E-state index in [0.29, 0.717) is 12.0 Å². The van der Waals surface area contributed by atoms with Crippen molar-refractivity contribution in [3.8, 4) is 0 Å². The van der Waals surface area contributed by atoms with Crippen LogP contribution < -0.4 is 5.32 Å². The first-order valence-corrected chi connectivity index (χ1v) is 8.37. The third-order valence-corrected chi connectivity index (χ3v) is 4.93. The number of aryl methyl sites for hydroxylation is 1. The van der Waals surface area contributed by atoms with Gasteiger partial charge in [-0.1, -0.05) is 19.3 Å². The number of likely N-dealkylation sites (tertiary alicyclic amines) is 1. The minimum absolute atomic E-state index is 0.0313. The van der Waals surface area contributed by atoms with E-state index in [0.717, 1.165) is 25.9 Å². The van der Waals surface area contributed by atoms with Crippen molar-refractivity contribution in [2.24, 2.45) is 0 Å². The molecule has 0 spiro atoms. The lowest BCUT2D eigenvalue weighted by Crippen LogP contribution is -2.51.